The van der Waals surface area contributed by atoms with Crippen LogP contribution in [0.5, 0.6) is 0 Å². The van der Waals surface area contributed by atoms with Gasteiger partial charge in [0.2, 0.25) is 0 Å². The van der Waals surface area contributed by atoms with Crippen molar-refractivity contribution >= 4 is 32.5 Å². The molecule has 0 fully saturated rings. The van der Waals surface area contributed by atoms with Crippen LogP contribution in [-0.2, 0) is 11.2 Å². The maximum Gasteiger partial charge on any atom is 0.307 e. The highest BCUT2D eigenvalue weighted by molar-refractivity contribution is 6.92. The van der Waals surface area contributed by atoms with Crippen molar-refractivity contribution in [1.29, 1.82) is 0 Å². The Morgan fingerprint density at radius 1 is 1.00 bits per heavy atom. The monoisotopic (exact) mass is 308 g/mol. The fourth-order valence-corrected chi connectivity index (χ4v) is 7.75. The molecule has 4 heteroatoms. The van der Waals surface area contributed by atoms with Gasteiger partial charge in [0.05, 0.1) is 22.6 Å². The first-order valence-electron chi connectivity index (χ1n) is 7.21. The molecule has 0 radical (unpaired) electrons. The summed E-state index contributed by atoms with van der Waals surface area (Å²) < 4.78 is 0. The molecule has 1 N–H and O–H groups in total. The van der Waals surface area contributed by atoms with Gasteiger partial charge in [0.25, 0.3) is 0 Å². The summed E-state index contributed by atoms with van der Waals surface area (Å²) in [6.07, 6.45) is 0.140. The van der Waals surface area contributed by atoms with Crippen molar-refractivity contribution in [1.82, 2.24) is 0 Å². The second-order valence-electron chi connectivity index (χ2n) is 7.78. The third-order valence-corrected chi connectivity index (χ3v) is 8.24. The normalized spacial score (nSPS) is 12.6. The van der Waals surface area contributed by atoms with Gasteiger partial charge in [-0.15, -0.1) is 0 Å². The minimum atomic E-state index is -1.49. The highest BCUT2D eigenvalue weighted by Crippen LogP contribution is 2.17. The van der Waals surface area contributed by atoms with Gasteiger partial charge < -0.3 is 5.11 Å². The molecular weight excluding hydrogens is 280 g/mol. The summed E-state index contributed by atoms with van der Waals surface area (Å²) in [5.41, 5.74) is 3.65. The average Bonchev–Trinajstić information content (AvgIpc) is 2.17. The van der Waals surface area contributed by atoms with E-state index in [0.29, 0.717) is 0 Å². The van der Waals surface area contributed by atoms with Crippen LogP contribution in [0.25, 0.3) is 0 Å². The standard InChI is InChI=1S/C16H28O2Si2/c1-11-13(10-15(17)18)9-14(19(3,4)5)12(2)16(11)20(6,7)8/h9H,10H2,1-8H3,(H,17,18). The molecule has 1 aromatic carbocycles. The summed E-state index contributed by atoms with van der Waals surface area (Å²) in [5.74, 6) is -0.736. The van der Waals surface area contributed by atoms with Crippen LogP contribution in [-0.4, -0.2) is 27.2 Å². The van der Waals surface area contributed by atoms with Crippen LogP contribution in [0, 0.1) is 13.8 Å². The molecule has 0 aromatic heterocycles. The van der Waals surface area contributed by atoms with Crippen LogP contribution in [0.4, 0.5) is 0 Å². The molecule has 0 unspecified atom stereocenters. The van der Waals surface area contributed by atoms with Crippen LogP contribution < -0.4 is 10.4 Å². The van der Waals surface area contributed by atoms with E-state index in [1.165, 1.54) is 21.5 Å². The molecule has 0 saturated heterocycles. The third-order valence-electron chi connectivity index (χ3n) is 3.85. The second kappa shape index (κ2) is 5.49. The first-order chi connectivity index (χ1) is 8.85. The number of carboxylic acid groups (broad SMARTS) is 1. The topological polar surface area (TPSA) is 37.3 Å². The molecule has 1 rings (SSSR count). The zero-order valence-electron chi connectivity index (χ0n) is 14.1. The largest absolute Gasteiger partial charge is 0.481 e. The van der Waals surface area contributed by atoms with Crippen LogP contribution >= 0.6 is 0 Å². The maximum atomic E-state index is 11.2. The number of carbonyl (C=O) groups is 1. The number of rotatable bonds is 4. The molecule has 0 aliphatic carbocycles. The van der Waals surface area contributed by atoms with E-state index in [2.05, 4.69) is 59.2 Å². The summed E-state index contributed by atoms with van der Waals surface area (Å²) in [4.78, 5) is 11.2. The molecule has 1 aromatic rings. The summed E-state index contributed by atoms with van der Waals surface area (Å²) in [6, 6.07) is 2.18. The van der Waals surface area contributed by atoms with E-state index in [-0.39, 0.29) is 6.42 Å². The van der Waals surface area contributed by atoms with Crippen molar-refractivity contribution in [2.45, 2.75) is 59.6 Å². The summed E-state index contributed by atoms with van der Waals surface area (Å²) in [7, 11) is -2.95. The van der Waals surface area contributed by atoms with Gasteiger partial charge in [-0.05, 0) is 25.0 Å². The van der Waals surface area contributed by atoms with Crippen molar-refractivity contribution in [3.05, 3.63) is 22.8 Å². The number of hydrogen-bond acceptors (Lipinski definition) is 1. The Labute approximate surface area is 125 Å². The van der Waals surface area contributed by atoms with Crippen molar-refractivity contribution in [3.8, 4) is 0 Å². The first-order valence-corrected chi connectivity index (χ1v) is 14.2. The van der Waals surface area contributed by atoms with E-state index in [9.17, 15) is 9.90 Å². The lowest BCUT2D eigenvalue weighted by Gasteiger charge is -2.30. The highest BCUT2D eigenvalue weighted by atomic mass is 28.3. The summed E-state index contributed by atoms with van der Waals surface area (Å²) in [6.45, 7) is 18.4. The molecule has 0 spiro atoms. The lowest BCUT2D eigenvalue weighted by molar-refractivity contribution is -0.136. The van der Waals surface area contributed by atoms with E-state index < -0.39 is 22.1 Å². The smallest absolute Gasteiger partial charge is 0.307 e. The van der Waals surface area contributed by atoms with Gasteiger partial charge in [0.1, 0.15) is 0 Å². The van der Waals surface area contributed by atoms with E-state index in [0.717, 1.165) is 5.56 Å². The van der Waals surface area contributed by atoms with E-state index in [1.807, 2.05) is 0 Å². The van der Waals surface area contributed by atoms with E-state index in [1.54, 1.807) is 0 Å². The first kappa shape index (κ1) is 17.2. The fourth-order valence-electron chi connectivity index (χ4n) is 3.22. The van der Waals surface area contributed by atoms with Gasteiger partial charge in [-0.3, -0.25) is 4.79 Å². The zero-order chi connectivity index (χ0) is 15.9. The molecule has 0 bridgehead atoms. The fraction of sp³-hybridized carbons (Fsp3) is 0.562. The Balaban J connectivity index is 3.70. The SMILES string of the molecule is Cc1c(CC(=O)O)cc([Si](C)(C)C)c(C)c1[Si](C)(C)C. The summed E-state index contributed by atoms with van der Waals surface area (Å²) >= 11 is 0. The number of carboxylic acids is 1. The molecule has 0 aliphatic rings. The molecular formula is C16H28O2Si2. The highest BCUT2D eigenvalue weighted by Gasteiger charge is 2.29. The Morgan fingerprint density at radius 3 is 1.85 bits per heavy atom. The maximum absolute atomic E-state index is 11.2. The van der Waals surface area contributed by atoms with Crippen molar-refractivity contribution < 1.29 is 9.90 Å². The Kier molecular flexibility index (Phi) is 4.71. The Hall–Kier alpha value is -0.876. The van der Waals surface area contributed by atoms with Crippen molar-refractivity contribution in [2.24, 2.45) is 0 Å². The molecule has 0 aliphatic heterocycles. The Bertz CT molecular complexity index is 535. The quantitative estimate of drug-likeness (QED) is 0.868. The zero-order valence-corrected chi connectivity index (χ0v) is 16.1. The van der Waals surface area contributed by atoms with Gasteiger partial charge in [0.15, 0.2) is 0 Å². The van der Waals surface area contributed by atoms with Gasteiger partial charge in [-0.25, -0.2) is 0 Å². The van der Waals surface area contributed by atoms with Crippen LogP contribution in [0.3, 0.4) is 0 Å². The Morgan fingerprint density at radius 2 is 1.50 bits per heavy atom. The van der Waals surface area contributed by atoms with Crippen molar-refractivity contribution in [3.63, 3.8) is 0 Å². The number of hydrogen-bond donors (Lipinski definition) is 1. The lowest BCUT2D eigenvalue weighted by Crippen LogP contribution is -2.50. The van der Waals surface area contributed by atoms with Crippen LogP contribution in [0.15, 0.2) is 6.07 Å². The molecule has 0 atom stereocenters. The van der Waals surface area contributed by atoms with Gasteiger partial charge in [-0.2, -0.15) is 0 Å². The molecule has 0 saturated carbocycles. The minimum absolute atomic E-state index is 0.140. The lowest BCUT2D eigenvalue weighted by atomic mass is 10.0. The molecule has 0 heterocycles. The number of aliphatic carboxylic acids is 1. The second-order valence-corrected chi connectivity index (χ2v) is 17.8. The van der Waals surface area contributed by atoms with E-state index in [4.69, 9.17) is 0 Å². The van der Waals surface area contributed by atoms with E-state index >= 15 is 0 Å². The van der Waals surface area contributed by atoms with Gasteiger partial charge in [-0.1, -0.05) is 61.3 Å². The van der Waals surface area contributed by atoms with Gasteiger partial charge >= 0.3 is 5.97 Å². The minimum Gasteiger partial charge on any atom is -0.481 e. The molecule has 2 nitrogen and oxygen atoms in total. The predicted octanol–water partition coefficient (Wildman–Crippen LogP) is 3.02. The number of benzene rings is 1. The average molecular weight is 309 g/mol. The predicted molar refractivity (Wildman–Crippen MR) is 93.2 cm³/mol. The van der Waals surface area contributed by atoms with Crippen LogP contribution in [0.1, 0.15) is 16.7 Å². The van der Waals surface area contributed by atoms with Crippen LogP contribution in [0.2, 0.25) is 39.3 Å². The van der Waals surface area contributed by atoms with Gasteiger partial charge in [0, 0.05) is 0 Å². The van der Waals surface area contributed by atoms with Crippen molar-refractivity contribution in [2.75, 3.05) is 0 Å². The summed E-state index contributed by atoms with van der Waals surface area (Å²) in [5, 5.41) is 12.1. The molecule has 0 amide bonds. The molecule has 20 heavy (non-hydrogen) atoms. The molecule has 112 valence electrons. The third kappa shape index (κ3) is 3.61.